The molecule has 33 heavy (non-hydrogen) atoms. The SMILES string of the molecule is CCCc1c(C(=O)NCc2ccccc2)nnn1-c1ccc2noc(-c3ccccc3)c2c1. The second-order valence-corrected chi connectivity index (χ2v) is 7.79. The summed E-state index contributed by atoms with van der Waals surface area (Å²) >= 11 is 0. The molecule has 0 aliphatic carbocycles. The number of nitrogens with one attached hydrogen (secondary N) is 1. The van der Waals surface area contributed by atoms with Crippen LogP contribution >= 0.6 is 0 Å². The quantitative estimate of drug-likeness (QED) is 0.389. The summed E-state index contributed by atoms with van der Waals surface area (Å²) in [6.45, 7) is 2.50. The van der Waals surface area contributed by atoms with Crippen LogP contribution in [0.25, 0.3) is 27.9 Å². The van der Waals surface area contributed by atoms with E-state index in [1.807, 2.05) is 78.9 Å². The highest BCUT2D eigenvalue weighted by atomic mass is 16.5. The molecule has 0 bridgehead atoms. The molecule has 5 rings (SSSR count). The second kappa shape index (κ2) is 9.08. The molecular formula is C26H23N5O2. The molecule has 2 aromatic heterocycles. The smallest absolute Gasteiger partial charge is 0.274 e. The van der Waals surface area contributed by atoms with Gasteiger partial charge >= 0.3 is 0 Å². The Morgan fingerprint density at radius 1 is 1.00 bits per heavy atom. The van der Waals surface area contributed by atoms with Crippen LogP contribution in [-0.2, 0) is 13.0 Å². The number of fused-ring (bicyclic) bond motifs is 1. The Morgan fingerprint density at radius 3 is 2.52 bits per heavy atom. The topological polar surface area (TPSA) is 85.8 Å². The molecule has 0 unspecified atom stereocenters. The minimum atomic E-state index is -0.232. The molecule has 0 radical (unpaired) electrons. The zero-order valence-electron chi connectivity index (χ0n) is 18.2. The van der Waals surface area contributed by atoms with Crippen LogP contribution in [0.15, 0.2) is 83.4 Å². The Hall–Kier alpha value is -4.26. The fourth-order valence-corrected chi connectivity index (χ4v) is 3.87. The lowest BCUT2D eigenvalue weighted by Gasteiger charge is -2.08. The largest absolute Gasteiger partial charge is 0.355 e. The normalized spacial score (nSPS) is 11.1. The molecule has 0 saturated heterocycles. The van der Waals surface area contributed by atoms with Crippen molar-refractivity contribution in [3.8, 4) is 17.0 Å². The summed E-state index contributed by atoms with van der Waals surface area (Å²) < 4.78 is 7.37. The van der Waals surface area contributed by atoms with Crippen LogP contribution in [0, 0.1) is 0 Å². The zero-order chi connectivity index (χ0) is 22.6. The van der Waals surface area contributed by atoms with Gasteiger partial charge in [-0.15, -0.1) is 5.10 Å². The van der Waals surface area contributed by atoms with E-state index in [-0.39, 0.29) is 5.91 Å². The zero-order valence-corrected chi connectivity index (χ0v) is 18.2. The van der Waals surface area contributed by atoms with Crippen LogP contribution in [0.4, 0.5) is 0 Å². The first kappa shape index (κ1) is 20.6. The van der Waals surface area contributed by atoms with Gasteiger partial charge in [0, 0.05) is 12.1 Å². The lowest BCUT2D eigenvalue weighted by Crippen LogP contribution is -2.24. The molecule has 0 aliphatic heterocycles. The van der Waals surface area contributed by atoms with Crippen LogP contribution in [0.5, 0.6) is 0 Å². The fourth-order valence-electron chi connectivity index (χ4n) is 3.87. The summed E-state index contributed by atoms with van der Waals surface area (Å²) in [4.78, 5) is 12.9. The third-order valence-electron chi connectivity index (χ3n) is 5.50. The van der Waals surface area contributed by atoms with Gasteiger partial charge in [-0.3, -0.25) is 4.79 Å². The van der Waals surface area contributed by atoms with E-state index in [9.17, 15) is 4.79 Å². The third kappa shape index (κ3) is 4.13. The number of nitrogens with zero attached hydrogens (tertiary/aromatic N) is 4. The Bertz CT molecular complexity index is 1390. The molecule has 7 nitrogen and oxygen atoms in total. The van der Waals surface area contributed by atoms with E-state index < -0.39 is 0 Å². The monoisotopic (exact) mass is 437 g/mol. The second-order valence-electron chi connectivity index (χ2n) is 7.79. The number of amides is 1. The lowest BCUT2D eigenvalue weighted by molar-refractivity contribution is 0.0945. The first-order valence-corrected chi connectivity index (χ1v) is 11.0. The first-order valence-electron chi connectivity index (χ1n) is 11.0. The van der Waals surface area contributed by atoms with Gasteiger partial charge in [-0.05, 0) is 30.2 Å². The molecule has 0 saturated carbocycles. The van der Waals surface area contributed by atoms with Crippen molar-refractivity contribution >= 4 is 16.8 Å². The average molecular weight is 438 g/mol. The highest BCUT2D eigenvalue weighted by molar-refractivity contribution is 5.94. The highest BCUT2D eigenvalue weighted by Crippen LogP contribution is 2.30. The van der Waals surface area contributed by atoms with Crippen LogP contribution < -0.4 is 5.32 Å². The van der Waals surface area contributed by atoms with Crippen molar-refractivity contribution in [2.45, 2.75) is 26.3 Å². The summed E-state index contributed by atoms with van der Waals surface area (Å²) in [6.07, 6.45) is 1.53. The van der Waals surface area contributed by atoms with Crippen LogP contribution in [-0.4, -0.2) is 26.1 Å². The van der Waals surface area contributed by atoms with Gasteiger partial charge in [-0.1, -0.05) is 84.4 Å². The molecule has 2 heterocycles. The van der Waals surface area contributed by atoms with Crippen molar-refractivity contribution in [2.24, 2.45) is 0 Å². The average Bonchev–Trinajstić information content (AvgIpc) is 3.48. The van der Waals surface area contributed by atoms with Gasteiger partial charge < -0.3 is 9.84 Å². The Labute approximate surface area is 191 Å². The molecule has 1 N–H and O–H groups in total. The number of aromatic nitrogens is 4. The van der Waals surface area contributed by atoms with Gasteiger partial charge in [-0.2, -0.15) is 0 Å². The van der Waals surface area contributed by atoms with E-state index in [0.717, 1.165) is 39.8 Å². The molecule has 0 aliphatic rings. The van der Waals surface area contributed by atoms with Crippen molar-refractivity contribution < 1.29 is 9.32 Å². The van der Waals surface area contributed by atoms with Gasteiger partial charge in [0.25, 0.3) is 5.91 Å². The lowest BCUT2D eigenvalue weighted by atomic mass is 10.1. The molecule has 0 spiro atoms. The third-order valence-corrected chi connectivity index (χ3v) is 5.50. The number of benzene rings is 3. The van der Waals surface area contributed by atoms with Crippen molar-refractivity contribution in [1.82, 2.24) is 25.5 Å². The molecule has 0 fully saturated rings. The molecular weight excluding hydrogens is 414 g/mol. The molecule has 1 amide bonds. The maximum Gasteiger partial charge on any atom is 0.274 e. The molecule has 164 valence electrons. The maximum atomic E-state index is 12.9. The van der Waals surface area contributed by atoms with Gasteiger partial charge in [0.2, 0.25) is 0 Å². The minimum absolute atomic E-state index is 0.232. The molecule has 7 heteroatoms. The Balaban J connectivity index is 1.49. The summed E-state index contributed by atoms with van der Waals surface area (Å²) in [6, 6.07) is 25.5. The number of hydrogen-bond donors (Lipinski definition) is 1. The van der Waals surface area contributed by atoms with E-state index in [0.29, 0.717) is 24.4 Å². The predicted molar refractivity (Wildman–Crippen MR) is 126 cm³/mol. The van der Waals surface area contributed by atoms with Crippen LogP contribution in [0.1, 0.15) is 35.1 Å². The van der Waals surface area contributed by atoms with Crippen molar-refractivity contribution in [1.29, 1.82) is 0 Å². The maximum absolute atomic E-state index is 12.9. The number of carbonyl (C=O) groups excluding carboxylic acids is 1. The molecule has 3 aromatic carbocycles. The Kier molecular flexibility index (Phi) is 5.68. The van der Waals surface area contributed by atoms with Crippen LogP contribution in [0.2, 0.25) is 0 Å². The van der Waals surface area contributed by atoms with Gasteiger partial charge in [0.05, 0.1) is 16.8 Å². The summed E-state index contributed by atoms with van der Waals surface area (Å²) in [5.41, 5.74) is 4.67. The van der Waals surface area contributed by atoms with Crippen molar-refractivity contribution in [3.63, 3.8) is 0 Å². The number of rotatable bonds is 7. The molecule has 0 atom stereocenters. The standard InChI is InChI=1S/C26H23N5O2/c1-2-9-23-24(26(32)27-17-18-10-5-3-6-11-18)28-30-31(23)20-14-15-22-21(16-20)25(33-29-22)19-12-7-4-8-13-19/h3-8,10-16H,2,9,17H2,1H3,(H,27,32). The van der Waals surface area contributed by atoms with E-state index >= 15 is 0 Å². The number of carbonyl (C=O) groups is 1. The Morgan fingerprint density at radius 2 is 1.76 bits per heavy atom. The van der Waals surface area contributed by atoms with E-state index in [1.54, 1.807) is 4.68 Å². The highest BCUT2D eigenvalue weighted by Gasteiger charge is 2.21. The number of hydrogen-bond acceptors (Lipinski definition) is 5. The van der Waals surface area contributed by atoms with E-state index in [2.05, 4.69) is 27.7 Å². The summed E-state index contributed by atoms with van der Waals surface area (Å²) in [5.74, 6) is 0.468. The van der Waals surface area contributed by atoms with E-state index in [1.165, 1.54) is 0 Å². The van der Waals surface area contributed by atoms with Crippen molar-refractivity contribution in [2.75, 3.05) is 0 Å². The predicted octanol–water partition coefficient (Wildman–Crippen LogP) is 4.96. The van der Waals surface area contributed by atoms with Gasteiger partial charge in [-0.25, -0.2) is 4.68 Å². The van der Waals surface area contributed by atoms with Gasteiger partial charge in [0.1, 0.15) is 5.52 Å². The minimum Gasteiger partial charge on any atom is -0.355 e. The van der Waals surface area contributed by atoms with E-state index in [4.69, 9.17) is 4.52 Å². The van der Waals surface area contributed by atoms with Crippen LogP contribution in [0.3, 0.4) is 0 Å². The first-order chi connectivity index (χ1) is 16.2. The summed E-state index contributed by atoms with van der Waals surface area (Å²) in [5, 5.41) is 16.6. The van der Waals surface area contributed by atoms with Gasteiger partial charge in [0.15, 0.2) is 11.5 Å². The van der Waals surface area contributed by atoms with Crippen molar-refractivity contribution in [3.05, 3.63) is 95.8 Å². The molecule has 5 aromatic rings. The summed E-state index contributed by atoms with van der Waals surface area (Å²) in [7, 11) is 0. The fraction of sp³-hybridized carbons (Fsp3) is 0.154.